The number of benzene rings is 7. The molecule has 0 unspecified atom stereocenters. The van der Waals surface area contributed by atoms with E-state index in [9.17, 15) is 0 Å². The molecule has 0 saturated heterocycles. The van der Waals surface area contributed by atoms with Gasteiger partial charge in [0.2, 0.25) is 0 Å². The number of aryl methyl sites for hydroxylation is 2. The first kappa shape index (κ1) is 30.5. The lowest BCUT2D eigenvalue weighted by Crippen LogP contribution is -2.11. The maximum absolute atomic E-state index is 2.33. The number of rotatable bonds is 9. The molecule has 0 aromatic heterocycles. The summed E-state index contributed by atoms with van der Waals surface area (Å²) >= 11 is 0. The molecule has 7 aromatic rings. The lowest BCUT2D eigenvalue weighted by molar-refractivity contribution is 1.24. The third kappa shape index (κ3) is 6.84. The zero-order chi connectivity index (χ0) is 32.7. The Morgan fingerprint density at radius 2 is 0.708 bits per heavy atom. The maximum atomic E-state index is 2.33. The Kier molecular flexibility index (Phi) is 8.97. The third-order valence-corrected chi connectivity index (χ3v) is 8.67. The summed E-state index contributed by atoms with van der Waals surface area (Å²) in [6.07, 6.45) is 4.36. The number of para-hydroxylation sites is 3. The van der Waals surface area contributed by atoms with Crippen molar-refractivity contribution in [1.82, 2.24) is 0 Å². The first-order valence-electron chi connectivity index (χ1n) is 16.4. The van der Waals surface area contributed by atoms with Crippen molar-refractivity contribution in [3.05, 3.63) is 204 Å². The van der Waals surface area contributed by atoms with E-state index in [1.807, 2.05) is 0 Å². The molecule has 0 fully saturated rings. The Morgan fingerprint density at radius 3 is 1.23 bits per heavy atom. The van der Waals surface area contributed by atoms with Crippen molar-refractivity contribution >= 4 is 46.3 Å². The molecule has 0 amide bonds. The molecule has 2 heteroatoms. The van der Waals surface area contributed by atoms with Gasteiger partial charge < -0.3 is 9.80 Å². The van der Waals surface area contributed by atoms with Gasteiger partial charge in [-0.15, -0.1) is 0 Å². The fourth-order valence-electron chi connectivity index (χ4n) is 6.05. The SMILES string of the molecule is Cc1ccc(N(c2ccc(/C=C/c3ccc(-c4ccc(N(c5ccccc5)c5ccccc5)cc4)cc3)cc2)c2ccccc2C)cc1. The van der Waals surface area contributed by atoms with Gasteiger partial charge in [0.25, 0.3) is 0 Å². The van der Waals surface area contributed by atoms with E-state index < -0.39 is 0 Å². The van der Waals surface area contributed by atoms with Crippen LogP contribution in [0, 0.1) is 13.8 Å². The van der Waals surface area contributed by atoms with Crippen molar-refractivity contribution in [3.63, 3.8) is 0 Å². The van der Waals surface area contributed by atoms with Gasteiger partial charge in [0, 0.05) is 34.1 Å². The molecule has 2 nitrogen and oxygen atoms in total. The lowest BCUT2D eigenvalue weighted by Gasteiger charge is -2.27. The zero-order valence-corrected chi connectivity index (χ0v) is 27.4. The highest BCUT2D eigenvalue weighted by atomic mass is 15.1. The van der Waals surface area contributed by atoms with Crippen LogP contribution in [-0.2, 0) is 0 Å². The minimum absolute atomic E-state index is 1.13. The second kappa shape index (κ2) is 14.1. The molecular formula is C46H38N2. The van der Waals surface area contributed by atoms with Crippen molar-refractivity contribution in [2.75, 3.05) is 9.80 Å². The largest absolute Gasteiger partial charge is 0.311 e. The van der Waals surface area contributed by atoms with E-state index in [0.717, 1.165) is 34.0 Å². The van der Waals surface area contributed by atoms with E-state index >= 15 is 0 Å². The van der Waals surface area contributed by atoms with E-state index in [-0.39, 0.29) is 0 Å². The number of hydrogen-bond donors (Lipinski definition) is 0. The number of hydrogen-bond acceptors (Lipinski definition) is 2. The summed E-state index contributed by atoms with van der Waals surface area (Å²) in [5.41, 5.74) is 14.1. The molecule has 232 valence electrons. The number of anilines is 6. The highest BCUT2D eigenvalue weighted by molar-refractivity contribution is 5.81. The molecule has 7 aromatic carbocycles. The van der Waals surface area contributed by atoms with Crippen molar-refractivity contribution < 1.29 is 0 Å². The summed E-state index contributed by atoms with van der Waals surface area (Å²) in [4.78, 5) is 4.61. The van der Waals surface area contributed by atoms with Crippen LogP contribution in [0.1, 0.15) is 22.3 Å². The fourth-order valence-corrected chi connectivity index (χ4v) is 6.05. The van der Waals surface area contributed by atoms with Crippen molar-refractivity contribution in [2.24, 2.45) is 0 Å². The molecule has 0 aliphatic heterocycles. The molecule has 0 aliphatic rings. The van der Waals surface area contributed by atoms with Gasteiger partial charge in [0.15, 0.2) is 0 Å². The molecular weight excluding hydrogens is 581 g/mol. The van der Waals surface area contributed by atoms with Crippen molar-refractivity contribution in [1.29, 1.82) is 0 Å². The van der Waals surface area contributed by atoms with Gasteiger partial charge in [-0.25, -0.2) is 0 Å². The maximum Gasteiger partial charge on any atom is 0.0490 e. The van der Waals surface area contributed by atoms with Crippen LogP contribution >= 0.6 is 0 Å². The average Bonchev–Trinajstić information content (AvgIpc) is 3.14. The molecule has 0 spiro atoms. The summed E-state index contributed by atoms with van der Waals surface area (Å²) in [6.45, 7) is 4.29. The molecule has 0 atom stereocenters. The number of nitrogens with zero attached hydrogens (tertiary/aromatic N) is 2. The minimum atomic E-state index is 1.13. The molecule has 0 heterocycles. The molecule has 0 aliphatic carbocycles. The Labute approximate surface area is 284 Å². The first-order valence-corrected chi connectivity index (χ1v) is 16.4. The zero-order valence-electron chi connectivity index (χ0n) is 27.4. The van der Waals surface area contributed by atoms with Gasteiger partial charge in [0.1, 0.15) is 0 Å². The molecule has 0 N–H and O–H groups in total. The predicted octanol–water partition coefficient (Wildman–Crippen LogP) is 13.1. The third-order valence-electron chi connectivity index (χ3n) is 8.67. The van der Waals surface area contributed by atoms with Crippen molar-refractivity contribution in [3.8, 4) is 11.1 Å². The lowest BCUT2D eigenvalue weighted by atomic mass is 10.0. The Morgan fingerprint density at radius 1 is 0.333 bits per heavy atom. The Hall–Kier alpha value is -6.12. The topological polar surface area (TPSA) is 6.48 Å². The molecule has 0 bridgehead atoms. The van der Waals surface area contributed by atoms with Crippen LogP contribution in [0.5, 0.6) is 0 Å². The average molecular weight is 619 g/mol. The fraction of sp³-hybridized carbons (Fsp3) is 0.0435. The van der Waals surface area contributed by atoms with E-state index in [0.29, 0.717) is 0 Å². The highest BCUT2D eigenvalue weighted by Gasteiger charge is 2.14. The molecule has 48 heavy (non-hydrogen) atoms. The molecule has 7 rings (SSSR count). The second-order valence-corrected chi connectivity index (χ2v) is 12.1. The summed E-state index contributed by atoms with van der Waals surface area (Å²) in [5.74, 6) is 0. The van der Waals surface area contributed by atoms with Gasteiger partial charge in [-0.05, 0) is 108 Å². The van der Waals surface area contributed by atoms with Crippen LogP contribution in [-0.4, -0.2) is 0 Å². The van der Waals surface area contributed by atoms with Crippen LogP contribution in [0.4, 0.5) is 34.1 Å². The van der Waals surface area contributed by atoms with E-state index in [2.05, 4.69) is 218 Å². The minimum Gasteiger partial charge on any atom is -0.311 e. The molecule has 0 saturated carbocycles. The van der Waals surface area contributed by atoms with Gasteiger partial charge in [-0.3, -0.25) is 0 Å². The quantitative estimate of drug-likeness (QED) is 0.149. The van der Waals surface area contributed by atoms with Gasteiger partial charge >= 0.3 is 0 Å². The van der Waals surface area contributed by atoms with Crippen LogP contribution in [0.25, 0.3) is 23.3 Å². The summed E-state index contributed by atoms with van der Waals surface area (Å²) in [6, 6.07) is 64.7. The van der Waals surface area contributed by atoms with Gasteiger partial charge in [0.05, 0.1) is 0 Å². The Bertz CT molecular complexity index is 2060. The van der Waals surface area contributed by atoms with Crippen LogP contribution in [0.15, 0.2) is 182 Å². The monoisotopic (exact) mass is 618 g/mol. The Balaban J connectivity index is 1.07. The normalized spacial score (nSPS) is 11.0. The van der Waals surface area contributed by atoms with E-state index in [1.165, 1.54) is 33.5 Å². The highest BCUT2D eigenvalue weighted by Crippen LogP contribution is 2.37. The summed E-state index contributed by atoms with van der Waals surface area (Å²) < 4.78 is 0. The summed E-state index contributed by atoms with van der Waals surface area (Å²) in [5, 5.41) is 0. The standard InChI is InChI=1S/C46H38N2/c1-35-17-29-44(30-18-35)48(46-16-10-9-11-36(46)2)45-31-23-38(24-32-45)20-19-37-21-25-39(26-22-37)40-27-33-43(34-28-40)47(41-12-5-3-6-13-41)42-14-7-4-8-15-42/h3-34H,1-2H3/b20-19+. The van der Waals surface area contributed by atoms with E-state index in [4.69, 9.17) is 0 Å². The first-order chi connectivity index (χ1) is 23.6. The van der Waals surface area contributed by atoms with Crippen LogP contribution < -0.4 is 9.80 Å². The summed E-state index contributed by atoms with van der Waals surface area (Å²) in [7, 11) is 0. The van der Waals surface area contributed by atoms with Gasteiger partial charge in [-0.2, -0.15) is 0 Å². The van der Waals surface area contributed by atoms with Crippen LogP contribution in [0.3, 0.4) is 0 Å². The van der Waals surface area contributed by atoms with Crippen LogP contribution in [0.2, 0.25) is 0 Å². The smallest absolute Gasteiger partial charge is 0.0490 e. The second-order valence-electron chi connectivity index (χ2n) is 12.1. The predicted molar refractivity (Wildman–Crippen MR) is 206 cm³/mol. The van der Waals surface area contributed by atoms with E-state index in [1.54, 1.807) is 0 Å². The molecule has 0 radical (unpaired) electrons. The van der Waals surface area contributed by atoms with Gasteiger partial charge in [-0.1, -0.05) is 133 Å². The van der Waals surface area contributed by atoms with Crippen molar-refractivity contribution in [2.45, 2.75) is 13.8 Å².